The van der Waals surface area contributed by atoms with Crippen molar-refractivity contribution in [2.75, 3.05) is 14.1 Å². The third kappa shape index (κ3) is 3.43. The monoisotopic (exact) mass is 275 g/mol. The quantitative estimate of drug-likeness (QED) is 0.932. The first kappa shape index (κ1) is 13.8. The van der Waals surface area contributed by atoms with Crippen LogP contribution in [0.25, 0.3) is 0 Å². The summed E-state index contributed by atoms with van der Waals surface area (Å²) in [5.41, 5.74) is 1.04. The standard InChI is InChI=1S/C15H17NO2S/c1-16(2)11-12-6-3-4-9-15(12)19(18)14-8-5-7-13(17)10-14/h3-10,17H,11H2,1-2H3/t19-/m1/s1. The first-order valence-corrected chi connectivity index (χ1v) is 7.16. The predicted octanol–water partition coefficient (Wildman–Crippen LogP) is 2.62. The fraction of sp³-hybridized carbons (Fsp3) is 0.200. The van der Waals surface area contributed by atoms with Crippen LogP contribution < -0.4 is 0 Å². The summed E-state index contributed by atoms with van der Waals surface area (Å²) in [6.45, 7) is 0.737. The predicted molar refractivity (Wildman–Crippen MR) is 76.6 cm³/mol. The minimum atomic E-state index is -1.27. The molecule has 100 valence electrons. The molecular weight excluding hydrogens is 258 g/mol. The molecule has 0 saturated heterocycles. The van der Waals surface area contributed by atoms with E-state index < -0.39 is 10.8 Å². The molecule has 2 aromatic rings. The van der Waals surface area contributed by atoms with E-state index in [0.717, 1.165) is 17.0 Å². The molecule has 0 heterocycles. The van der Waals surface area contributed by atoms with Gasteiger partial charge in [-0.2, -0.15) is 0 Å². The van der Waals surface area contributed by atoms with Crippen molar-refractivity contribution in [3.8, 4) is 5.75 Å². The van der Waals surface area contributed by atoms with Crippen LogP contribution in [0.5, 0.6) is 5.75 Å². The van der Waals surface area contributed by atoms with Gasteiger partial charge in [-0.25, -0.2) is 4.21 Å². The summed E-state index contributed by atoms with van der Waals surface area (Å²) < 4.78 is 12.6. The van der Waals surface area contributed by atoms with Gasteiger partial charge in [-0.1, -0.05) is 24.3 Å². The molecule has 1 atom stereocenters. The van der Waals surface area contributed by atoms with Crippen molar-refractivity contribution in [3.63, 3.8) is 0 Å². The van der Waals surface area contributed by atoms with E-state index in [0.29, 0.717) is 4.90 Å². The molecule has 0 spiro atoms. The van der Waals surface area contributed by atoms with Crippen LogP contribution in [0.2, 0.25) is 0 Å². The molecule has 2 rings (SSSR count). The lowest BCUT2D eigenvalue weighted by molar-refractivity contribution is 0.399. The summed E-state index contributed by atoms with van der Waals surface area (Å²) in [6, 6.07) is 14.3. The summed E-state index contributed by atoms with van der Waals surface area (Å²) in [5, 5.41) is 9.48. The molecule has 0 aromatic heterocycles. The minimum Gasteiger partial charge on any atom is -0.508 e. The van der Waals surface area contributed by atoms with E-state index in [1.165, 1.54) is 0 Å². The Kier molecular flexibility index (Phi) is 4.35. The van der Waals surface area contributed by atoms with Crippen LogP contribution in [-0.2, 0) is 17.3 Å². The Morgan fingerprint density at radius 3 is 2.53 bits per heavy atom. The molecule has 0 radical (unpaired) electrons. The minimum absolute atomic E-state index is 0.135. The van der Waals surface area contributed by atoms with Crippen LogP contribution in [-0.4, -0.2) is 28.3 Å². The van der Waals surface area contributed by atoms with Gasteiger partial charge in [-0.3, -0.25) is 0 Å². The Hall–Kier alpha value is -1.65. The lowest BCUT2D eigenvalue weighted by Gasteiger charge is -2.13. The number of rotatable bonds is 4. The van der Waals surface area contributed by atoms with Gasteiger partial charge in [-0.15, -0.1) is 0 Å². The van der Waals surface area contributed by atoms with Crippen molar-refractivity contribution in [2.45, 2.75) is 16.3 Å². The van der Waals surface area contributed by atoms with E-state index in [4.69, 9.17) is 0 Å². The van der Waals surface area contributed by atoms with Gasteiger partial charge in [0.25, 0.3) is 0 Å². The zero-order valence-electron chi connectivity index (χ0n) is 11.0. The number of hydrogen-bond acceptors (Lipinski definition) is 3. The highest BCUT2D eigenvalue weighted by atomic mass is 32.2. The number of benzene rings is 2. The molecule has 0 aliphatic heterocycles. The van der Waals surface area contributed by atoms with Crippen molar-refractivity contribution >= 4 is 10.8 Å². The van der Waals surface area contributed by atoms with Gasteiger partial charge in [-0.05, 0) is 43.9 Å². The van der Waals surface area contributed by atoms with Gasteiger partial charge in [0.15, 0.2) is 0 Å². The molecule has 0 saturated carbocycles. The van der Waals surface area contributed by atoms with Crippen LogP contribution in [0.15, 0.2) is 58.3 Å². The molecule has 0 fully saturated rings. The lowest BCUT2D eigenvalue weighted by Crippen LogP contribution is -2.12. The number of phenols is 1. The van der Waals surface area contributed by atoms with E-state index in [9.17, 15) is 9.32 Å². The molecule has 0 aliphatic rings. The van der Waals surface area contributed by atoms with Gasteiger partial charge in [0.1, 0.15) is 5.75 Å². The average Bonchev–Trinajstić information content (AvgIpc) is 2.38. The molecule has 0 unspecified atom stereocenters. The maximum atomic E-state index is 12.6. The highest BCUT2D eigenvalue weighted by Gasteiger charge is 2.12. The third-order valence-electron chi connectivity index (χ3n) is 2.69. The number of nitrogens with zero attached hydrogens (tertiary/aromatic N) is 1. The van der Waals surface area contributed by atoms with Crippen LogP contribution in [0.3, 0.4) is 0 Å². The number of phenolic OH excluding ortho intramolecular Hbond substituents is 1. The second-order valence-corrected chi connectivity index (χ2v) is 6.06. The molecule has 3 nitrogen and oxygen atoms in total. The first-order chi connectivity index (χ1) is 9.08. The molecule has 2 aromatic carbocycles. The van der Waals surface area contributed by atoms with Gasteiger partial charge < -0.3 is 10.0 Å². The van der Waals surface area contributed by atoms with Crippen LogP contribution in [0.4, 0.5) is 0 Å². The Balaban J connectivity index is 2.39. The summed E-state index contributed by atoms with van der Waals surface area (Å²) in [5.74, 6) is 0.135. The molecule has 0 aliphatic carbocycles. The first-order valence-electron chi connectivity index (χ1n) is 6.01. The Morgan fingerprint density at radius 1 is 1.11 bits per heavy atom. The second kappa shape index (κ2) is 5.99. The normalized spacial score (nSPS) is 12.6. The van der Waals surface area contributed by atoms with Crippen LogP contribution in [0.1, 0.15) is 5.56 Å². The maximum Gasteiger partial charge on any atom is 0.116 e. The highest BCUT2D eigenvalue weighted by molar-refractivity contribution is 7.85. The third-order valence-corrected chi connectivity index (χ3v) is 4.17. The number of hydrogen-bond donors (Lipinski definition) is 1. The maximum absolute atomic E-state index is 12.6. The molecule has 4 heteroatoms. The van der Waals surface area contributed by atoms with E-state index in [-0.39, 0.29) is 5.75 Å². The number of aromatic hydroxyl groups is 1. The van der Waals surface area contributed by atoms with Crippen molar-refractivity contribution in [1.82, 2.24) is 4.90 Å². The molecule has 19 heavy (non-hydrogen) atoms. The zero-order chi connectivity index (χ0) is 13.8. The fourth-order valence-electron chi connectivity index (χ4n) is 1.88. The molecule has 1 N–H and O–H groups in total. The van der Waals surface area contributed by atoms with E-state index >= 15 is 0 Å². The van der Waals surface area contributed by atoms with Gasteiger partial charge in [0, 0.05) is 16.3 Å². The van der Waals surface area contributed by atoms with E-state index in [2.05, 4.69) is 0 Å². The van der Waals surface area contributed by atoms with Gasteiger partial charge >= 0.3 is 0 Å². The summed E-state index contributed by atoms with van der Waals surface area (Å²) >= 11 is 0. The fourth-order valence-corrected chi connectivity index (χ4v) is 3.14. The Morgan fingerprint density at radius 2 is 1.84 bits per heavy atom. The van der Waals surface area contributed by atoms with Gasteiger partial charge in [0.05, 0.1) is 10.8 Å². The second-order valence-electron chi connectivity index (χ2n) is 4.61. The average molecular weight is 275 g/mol. The van der Waals surface area contributed by atoms with Crippen molar-refractivity contribution < 1.29 is 9.32 Å². The lowest BCUT2D eigenvalue weighted by atomic mass is 10.2. The Bertz CT molecular complexity index is 596. The van der Waals surface area contributed by atoms with Crippen LogP contribution >= 0.6 is 0 Å². The largest absolute Gasteiger partial charge is 0.508 e. The van der Waals surface area contributed by atoms with E-state index in [1.54, 1.807) is 24.3 Å². The zero-order valence-corrected chi connectivity index (χ0v) is 11.9. The van der Waals surface area contributed by atoms with Crippen molar-refractivity contribution in [2.24, 2.45) is 0 Å². The highest BCUT2D eigenvalue weighted by Crippen LogP contribution is 2.23. The summed E-state index contributed by atoms with van der Waals surface area (Å²) in [7, 11) is 2.69. The van der Waals surface area contributed by atoms with Crippen molar-refractivity contribution in [1.29, 1.82) is 0 Å². The summed E-state index contributed by atoms with van der Waals surface area (Å²) in [4.78, 5) is 3.45. The molecule has 0 bridgehead atoms. The SMILES string of the molecule is CN(C)Cc1ccccc1[S@](=O)c1cccc(O)c1. The smallest absolute Gasteiger partial charge is 0.116 e. The summed E-state index contributed by atoms with van der Waals surface area (Å²) in [6.07, 6.45) is 0. The molecular formula is C15H17NO2S. The van der Waals surface area contributed by atoms with Crippen molar-refractivity contribution in [3.05, 3.63) is 54.1 Å². The Labute approximate surface area is 116 Å². The molecule has 0 amide bonds. The topological polar surface area (TPSA) is 40.5 Å². The van der Waals surface area contributed by atoms with Gasteiger partial charge in [0.2, 0.25) is 0 Å². The van der Waals surface area contributed by atoms with E-state index in [1.807, 2.05) is 43.3 Å². The van der Waals surface area contributed by atoms with Crippen LogP contribution in [0, 0.1) is 0 Å².